The zero-order chi connectivity index (χ0) is 35.0. The fraction of sp³-hybridized carbons (Fsp3) is 0. The van der Waals surface area contributed by atoms with E-state index in [0.29, 0.717) is 0 Å². The second-order valence-corrected chi connectivity index (χ2v) is 6.92. The van der Waals surface area contributed by atoms with E-state index in [1.54, 1.807) is 0 Å². The van der Waals surface area contributed by atoms with Gasteiger partial charge in [-0.3, -0.25) is 9.13 Å². The van der Waals surface area contributed by atoms with Crippen LogP contribution in [0.1, 0.15) is 21.9 Å². The Balaban J connectivity index is 1.71. The lowest BCUT2D eigenvalue weighted by Crippen LogP contribution is -2.02. The second kappa shape index (κ2) is 6.56. The monoisotopic (exact) mass is 425 g/mol. The predicted molar refractivity (Wildman–Crippen MR) is 133 cm³/mol. The van der Waals surface area contributed by atoms with Gasteiger partial charge in [0.2, 0.25) is 0 Å². The highest BCUT2D eigenvalue weighted by atomic mass is 15.1. The summed E-state index contributed by atoms with van der Waals surface area (Å²) in [5.74, 6) is -0.224. The molecule has 3 nitrogen and oxygen atoms in total. The molecule has 0 amide bonds. The molecule has 0 N–H and O–H groups in total. The van der Waals surface area contributed by atoms with Gasteiger partial charge in [-0.25, -0.2) is 4.98 Å². The Morgan fingerprint density at radius 2 is 0.781 bits per heavy atom. The van der Waals surface area contributed by atoms with Crippen molar-refractivity contribution in [3.8, 4) is 11.6 Å². The van der Waals surface area contributed by atoms with E-state index in [2.05, 4.69) is 4.98 Å². The van der Waals surface area contributed by atoms with E-state index >= 15 is 0 Å². The van der Waals surface area contributed by atoms with Gasteiger partial charge in [0.05, 0.1) is 44.0 Å². The Morgan fingerprint density at radius 1 is 0.469 bits per heavy atom. The van der Waals surface area contributed by atoms with Crippen LogP contribution in [0.4, 0.5) is 0 Å². The lowest BCUT2D eigenvalue weighted by molar-refractivity contribution is 1.01. The van der Waals surface area contributed by atoms with Gasteiger partial charge in [-0.2, -0.15) is 0 Å². The Morgan fingerprint density at radius 3 is 1.12 bits per heavy atom. The van der Waals surface area contributed by atoms with Crippen molar-refractivity contribution in [3.63, 3.8) is 0 Å². The number of para-hydroxylation sites is 4. The third-order valence-corrected chi connectivity index (χ3v) is 5.24. The number of aromatic nitrogens is 3. The highest BCUT2D eigenvalue weighted by Gasteiger charge is 2.15. The lowest BCUT2D eigenvalue weighted by Gasteiger charge is -2.11. The summed E-state index contributed by atoms with van der Waals surface area (Å²) in [6.45, 7) is 0. The first kappa shape index (κ1) is 7.95. The average molecular weight is 426 g/mol. The van der Waals surface area contributed by atoms with Crippen LogP contribution in [0.3, 0.4) is 0 Å². The number of nitrogens with zero attached hydrogens (tertiary/aromatic N) is 3. The molecule has 0 atom stereocenters. The van der Waals surface area contributed by atoms with Crippen LogP contribution in [0.25, 0.3) is 55.2 Å². The summed E-state index contributed by atoms with van der Waals surface area (Å²) >= 11 is 0. The molecule has 0 saturated carbocycles. The van der Waals surface area contributed by atoms with E-state index in [4.69, 9.17) is 21.9 Å². The van der Waals surface area contributed by atoms with E-state index < -0.39 is 96.7 Å². The van der Waals surface area contributed by atoms with Crippen LogP contribution >= 0.6 is 0 Å². The summed E-state index contributed by atoms with van der Waals surface area (Å²) < 4.78 is 138. The number of benzene rings is 4. The molecule has 0 spiro atoms. The van der Waals surface area contributed by atoms with Crippen molar-refractivity contribution in [3.05, 3.63) is 115 Å². The van der Waals surface area contributed by atoms with Gasteiger partial charge in [0.15, 0.2) is 0 Å². The Hall–Kier alpha value is -4.37. The molecule has 150 valence electrons. The van der Waals surface area contributed by atoms with E-state index in [9.17, 15) is 0 Å². The smallest absolute Gasteiger partial charge is 0.140 e. The minimum Gasteiger partial charge on any atom is -0.294 e. The van der Waals surface area contributed by atoms with Crippen molar-refractivity contribution in [2.75, 3.05) is 0 Å². The van der Waals surface area contributed by atoms with Gasteiger partial charge >= 0.3 is 0 Å². The lowest BCUT2D eigenvalue weighted by atomic mass is 10.2. The summed E-state index contributed by atoms with van der Waals surface area (Å²) in [6, 6.07) is -5.06. The van der Waals surface area contributed by atoms with Gasteiger partial charge < -0.3 is 0 Å². The van der Waals surface area contributed by atoms with Crippen molar-refractivity contribution in [2.24, 2.45) is 0 Å². The highest BCUT2D eigenvalue weighted by molar-refractivity contribution is 6.10. The molecule has 3 aromatic heterocycles. The van der Waals surface area contributed by atoms with Crippen LogP contribution in [0.5, 0.6) is 0 Å². The fourth-order valence-electron chi connectivity index (χ4n) is 3.96. The van der Waals surface area contributed by atoms with E-state index in [0.717, 1.165) is 0 Å². The van der Waals surface area contributed by atoms with Crippen LogP contribution in [0.2, 0.25) is 0 Å². The van der Waals surface area contributed by atoms with Gasteiger partial charge in [-0.15, -0.1) is 0 Å². The van der Waals surface area contributed by atoms with Gasteiger partial charge in [-0.1, -0.05) is 78.6 Å². The zero-order valence-corrected chi connectivity index (χ0v) is 16.1. The summed E-state index contributed by atoms with van der Waals surface area (Å²) in [5, 5.41) is -0.684. The van der Waals surface area contributed by atoms with Crippen LogP contribution in [0.15, 0.2) is 115 Å². The maximum Gasteiger partial charge on any atom is 0.140 e. The Bertz CT molecular complexity index is 2310. The number of hydrogen-bond donors (Lipinski definition) is 0. The molecular formula is C29H19N3. The maximum atomic E-state index is 8.77. The molecule has 7 rings (SSSR count). The van der Waals surface area contributed by atoms with Crippen LogP contribution < -0.4 is 0 Å². The van der Waals surface area contributed by atoms with Gasteiger partial charge in [0.25, 0.3) is 0 Å². The normalized spacial score (nSPS) is 18.8. The molecule has 0 bridgehead atoms. The molecule has 0 aliphatic carbocycles. The molecular weight excluding hydrogens is 390 g/mol. The molecule has 3 heterocycles. The summed E-state index contributed by atoms with van der Waals surface area (Å²) in [6.07, 6.45) is 0. The third-order valence-electron chi connectivity index (χ3n) is 5.24. The number of hydrogen-bond acceptors (Lipinski definition) is 1. The average Bonchev–Trinajstić information content (AvgIpc) is 3.63. The molecule has 3 heteroatoms. The van der Waals surface area contributed by atoms with Crippen LogP contribution in [-0.4, -0.2) is 14.1 Å². The third kappa shape index (κ3) is 2.33. The zero-order valence-electron chi connectivity index (χ0n) is 32.1. The number of rotatable bonds is 2. The first-order valence-corrected chi connectivity index (χ1v) is 9.53. The molecule has 7 aromatic rings. The molecule has 0 aliphatic rings. The van der Waals surface area contributed by atoms with Gasteiger partial charge in [0, 0.05) is 21.5 Å². The van der Waals surface area contributed by atoms with E-state index in [-0.39, 0.29) is 55.2 Å². The topological polar surface area (TPSA) is 22.8 Å². The van der Waals surface area contributed by atoms with E-state index in [1.165, 1.54) is 27.3 Å². The van der Waals surface area contributed by atoms with Crippen molar-refractivity contribution in [1.29, 1.82) is 0 Å². The van der Waals surface area contributed by atoms with Gasteiger partial charge in [0.1, 0.15) is 11.6 Å². The summed E-state index contributed by atoms with van der Waals surface area (Å²) in [5.41, 5.74) is -0.783. The summed E-state index contributed by atoms with van der Waals surface area (Å²) in [7, 11) is 0. The quantitative estimate of drug-likeness (QED) is 0.285. The van der Waals surface area contributed by atoms with Crippen molar-refractivity contribution < 1.29 is 21.9 Å². The minimum atomic E-state index is -0.627. The fourth-order valence-corrected chi connectivity index (χ4v) is 3.96. The molecule has 4 aromatic carbocycles. The largest absolute Gasteiger partial charge is 0.294 e. The number of fused-ring (bicyclic) bond motifs is 6. The van der Waals surface area contributed by atoms with Crippen molar-refractivity contribution in [1.82, 2.24) is 14.1 Å². The Labute approximate surface area is 207 Å². The van der Waals surface area contributed by atoms with Crippen LogP contribution in [0, 0.1) is 0 Å². The SMILES string of the molecule is [2H]c1c([2H])c([2H])c2c(c1[2H])c1c([2H])c([2H])c([2H])c([2H])c1n2-c1cccc(-n2c3c([2H])c([2H])c([2H])c([2H])c3c3c([2H])c([2H])c([2H])c([2H])c32)n1. The molecule has 0 fully saturated rings. The van der Waals surface area contributed by atoms with Crippen LogP contribution in [-0.2, 0) is 0 Å². The van der Waals surface area contributed by atoms with Crippen molar-refractivity contribution >= 4 is 43.6 Å². The minimum absolute atomic E-state index is 0.112. The highest BCUT2D eigenvalue weighted by Crippen LogP contribution is 2.33. The first-order valence-electron chi connectivity index (χ1n) is 17.5. The second-order valence-electron chi connectivity index (χ2n) is 6.92. The Kier molecular flexibility index (Phi) is 1.63. The molecule has 32 heavy (non-hydrogen) atoms. The summed E-state index contributed by atoms with van der Waals surface area (Å²) in [4.78, 5) is 4.66. The molecule has 0 saturated heterocycles. The molecule has 0 aliphatic heterocycles. The van der Waals surface area contributed by atoms with E-state index in [1.807, 2.05) is 0 Å². The standard InChI is InChI=1S/C29H19N3/c1-5-14-24-20(10-1)21-11-2-6-15-25(21)31(24)28-18-9-19-29(30-28)32-26-16-7-3-12-22(26)23-13-4-8-17-27(23)32/h1-19H/i1D,2D,3D,4D,5D,6D,7D,8D,10D,11D,12D,13D,14D,15D,16D,17D. The predicted octanol–water partition coefficient (Wildman–Crippen LogP) is 7.28. The number of pyridine rings is 1. The maximum absolute atomic E-state index is 8.77. The van der Waals surface area contributed by atoms with Crippen molar-refractivity contribution in [2.45, 2.75) is 0 Å². The molecule has 0 radical (unpaired) electrons. The molecule has 0 unspecified atom stereocenters. The first-order chi connectivity index (χ1) is 22.5. The van der Waals surface area contributed by atoms with Gasteiger partial charge in [-0.05, 0) is 36.3 Å².